The minimum Gasteiger partial charge on any atom is -0.468 e. The molecule has 2 aromatic rings. The molecule has 118 valence electrons. The van der Waals surface area contributed by atoms with Crippen molar-refractivity contribution >= 4 is 28.8 Å². The molecule has 0 spiro atoms. The molecule has 8 heteroatoms. The molecule has 22 heavy (non-hydrogen) atoms. The Morgan fingerprint density at radius 3 is 2.55 bits per heavy atom. The monoisotopic (exact) mass is 323 g/mol. The number of methoxy groups -OCH3 is 1. The normalized spacial score (nSPS) is 12.4. The van der Waals surface area contributed by atoms with Crippen LogP contribution >= 0.6 is 11.8 Å². The molecule has 0 aliphatic rings. The van der Waals surface area contributed by atoms with Gasteiger partial charge in [-0.05, 0) is 19.4 Å². The smallest absolute Gasteiger partial charge is 0.332 e. The number of nitrogens with zero attached hydrogens (tertiary/aromatic N) is 3. The van der Waals surface area contributed by atoms with Crippen LogP contribution in [-0.2, 0) is 23.6 Å². The maximum atomic E-state index is 12.5. The van der Waals surface area contributed by atoms with Gasteiger partial charge in [-0.3, -0.25) is 18.7 Å². The van der Waals surface area contributed by atoms with Gasteiger partial charge in [0.25, 0.3) is 5.56 Å². The molecule has 0 amide bonds. The Labute approximate surface area is 130 Å². The van der Waals surface area contributed by atoms with E-state index in [4.69, 9.17) is 4.74 Å². The maximum Gasteiger partial charge on any atom is 0.332 e. The number of hydrogen-bond acceptors (Lipinski definition) is 6. The summed E-state index contributed by atoms with van der Waals surface area (Å²) >= 11 is 1.23. The lowest BCUT2D eigenvalue weighted by atomic mass is 10.2. The lowest BCUT2D eigenvalue weighted by Crippen LogP contribution is -2.37. The van der Waals surface area contributed by atoms with Gasteiger partial charge in [-0.1, -0.05) is 0 Å². The molecule has 0 bridgehead atoms. The summed E-state index contributed by atoms with van der Waals surface area (Å²) in [6.45, 7) is 3.51. The Morgan fingerprint density at radius 2 is 1.95 bits per heavy atom. The van der Waals surface area contributed by atoms with Crippen molar-refractivity contribution in [3.8, 4) is 0 Å². The number of hydrogen-bond donors (Lipinski definition) is 0. The molecular formula is C14H17N3O4S. The van der Waals surface area contributed by atoms with Crippen LogP contribution in [0, 0.1) is 6.92 Å². The van der Waals surface area contributed by atoms with Gasteiger partial charge >= 0.3 is 11.7 Å². The van der Waals surface area contributed by atoms with E-state index in [0.717, 1.165) is 10.1 Å². The van der Waals surface area contributed by atoms with E-state index in [9.17, 15) is 14.4 Å². The van der Waals surface area contributed by atoms with E-state index in [1.54, 1.807) is 20.2 Å². The highest BCUT2D eigenvalue weighted by Gasteiger charge is 2.21. The van der Waals surface area contributed by atoms with E-state index >= 15 is 0 Å². The zero-order valence-corrected chi connectivity index (χ0v) is 13.9. The summed E-state index contributed by atoms with van der Waals surface area (Å²) < 4.78 is 7.08. The van der Waals surface area contributed by atoms with Crippen LogP contribution in [-0.4, -0.2) is 32.4 Å². The van der Waals surface area contributed by atoms with Gasteiger partial charge in [0.1, 0.15) is 10.9 Å². The molecule has 2 aromatic heterocycles. The van der Waals surface area contributed by atoms with Crippen molar-refractivity contribution < 1.29 is 9.53 Å². The van der Waals surface area contributed by atoms with Crippen LogP contribution in [0.4, 0.5) is 0 Å². The maximum absolute atomic E-state index is 12.5. The van der Waals surface area contributed by atoms with Crippen LogP contribution in [0.2, 0.25) is 0 Å². The number of aromatic nitrogens is 3. The number of ether oxygens (including phenoxy) is 1. The van der Waals surface area contributed by atoms with Crippen LogP contribution in [0.1, 0.15) is 12.5 Å². The molecule has 0 radical (unpaired) electrons. The molecule has 0 aromatic carbocycles. The molecule has 0 saturated carbocycles. The first-order valence-electron chi connectivity index (χ1n) is 6.59. The van der Waals surface area contributed by atoms with Crippen molar-refractivity contribution in [2.75, 3.05) is 7.11 Å². The number of carbonyl (C=O) groups excluding carboxylic acids is 1. The highest BCUT2D eigenvalue weighted by molar-refractivity contribution is 8.00. The Hall–Kier alpha value is -2.09. The van der Waals surface area contributed by atoms with E-state index in [1.165, 1.54) is 30.5 Å². The second-order valence-corrected chi connectivity index (χ2v) is 6.31. The molecule has 0 fully saturated rings. The van der Waals surface area contributed by atoms with Crippen LogP contribution < -0.4 is 11.2 Å². The van der Waals surface area contributed by atoms with Crippen molar-refractivity contribution in [2.45, 2.75) is 24.0 Å². The van der Waals surface area contributed by atoms with Gasteiger partial charge in [-0.25, -0.2) is 9.78 Å². The van der Waals surface area contributed by atoms with E-state index in [2.05, 4.69) is 4.98 Å². The number of esters is 1. The highest BCUT2D eigenvalue weighted by atomic mass is 32.2. The molecule has 1 atom stereocenters. The van der Waals surface area contributed by atoms with Crippen molar-refractivity contribution in [1.82, 2.24) is 14.1 Å². The van der Waals surface area contributed by atoms with Crippen LogP contribution in [0.5, 0.6) is 0 Å². The summed E-state index contributed by atoms with van der Waals surface area (Å²) in [5.41, 5.74) is 0.210. The standard InChI is InChI=1S/C14H17N3O4S/c1-7-6-15-11-9(10(7)22-8(2)13(19)21-5)12(18)17(4)14(20)16(11)3/h6,8H,1-5H3/t8-/m0/s1. The number of pyridine rings is 1. The Morgan fingerprint density at radius 1 is 1.32 bits per heavy atom. The quantitative estimate of drug-likeness (QED) is 0.607. The highest BCUT2D eigenvalue weighted by Crippen LogP contribution is 2.31. The Kier molecular flexibility index (Phi) is 4.41. The van der Waals surface area contributed by atoms with Gasteiger partial charge < -0.3 is 4.74 Å². The van der Waals surface area contributed by atoms with Gasteiger partial charge in [0, 0.05) is 25.2 Å². The van der Waals surface area contributed by atoms with Crippen LogP contribution in [0.3, 0.4) is 0 Å². The summed E-state index contributed by atoms with van der Waals surface area (Å²) in [6.07, 6.45) is 1.59. The largest absolute Gasteiger partial charge is 0.468 e. The lowest BCUT2D eigenvalue weighted by Gasteiger charge is -2.14. The zero-order valence-electron chi connectivity index (χ0n) is 13.0. The summed E-state index contributed by atoms with van der Waals surface area (Å²) in [5, 5.41) is -0.137. The van der Waals surface area contributed by atoms with Crippen LogP contribution in [0.15, 0.2) is 20.7 Å². The van der Waals surface area contributed by atoms with E-state index in [-0.39, 0.29) is 5.97 Å². The minimum atomic E-state index is -0.476. The Bertz CT molecular complexity index is 869. The third-order valence-corrected chi connectivity index (χ3v) is 4.73. The van der Waals surface area contributed by atoms with Crippen molar-refractivity contribution in [3.05, 3.63) is 32.6 Å². The molecule has 0 N–H and O–H groups in total. The average molecular weight is 323 g/mol. The number of thioether (sulfide) groups is 1. The lowest BCUT2D eigenvalue weighted by molar-refractivity contribution is -0.139. The molecule has 7 nitrogen and oxygen atoms in total. The summed E-state index contributed by atoms with van der Waals surface area (Å²) in [6, 6.07) is 0. The second-order valence-electron chi connectivity index (χ2n) is 4.96. The molecule has 2 heterocycles. The molecule has 2 rings (SSSR count). The van der Waals surface area contributed by atoms with Crippen molar-refractivity contribution in [1.29, 1.82) is 0 Å². The number of rotatable bonds is 3. The van der Waals surface area contributed by atoms with E-state index < -0.39 is 16.5 Å². The molecule has 0 aliphatic heterocycles. The summed E-state index contributed by atoms with van der Waals surface area (Å²) in [5.74, 6) is -0.379. The van der Waals surface area contributed by atoms with Crippen molar-refractivity contribution in [3.63, 3.8) is 0 Å². The first kappa shape index (κ1) is 16.3. The first-order valence-corrected chi connectivity index (χ1v) is 7.47. The van der Waals surface area contributed by atoms with Crippen LogP contribution in [0.25, 0.3) is 11.0 Å². The predicted octanol–water partition coefficient (Wildman–Crippen LogP) is 0.594. The number of fused-ring (bicyclic) bond motifs is 1. The minimum absolute atomic E-state index is 0.304. The van der Waals surface area contributed by atoms with Gasteiger partial charge in [0.05, 0.1) is 12.5 Å². The number of aryl methyl sites for hydroxylation is 2. The Balaban J connectivity index is 2.79. The van der Waals surface area contributed by atoms with Crippen molar-refractivity contribution in [2.24, 2.45) is 14.1 Å². The fourth-order valence-electron chi connectivity index (χ4n) is 2.14. The third kappa shape index (κ3) is 2.54. The molecule has 0 saturated heterocycles. The fourth-order valence-corrected chi connectivity index (χ4v) is 3.22. The topological polar surface area (TPSA) is 83.2 Å². The molecule has 0 aliphatic carbocycles. The summed E-state index contributed by atoms with van der Waals surface area (Å²) in [7, 11) is 4.30. The van der Waals surface area contributed by atoms with E-state index in [1.807, 2.05) is 6.92 Å². The third-order valence-electron chi connectivity index (χ3n) is 3.43. The predicted molar refractivity (Wildman–Crippen MR) is 84.3 cm³/mol. The van der Waals surface area contributed by atoms with Gasteiger partial charge in [0.2, 0.25) is 0 Å². The van der Waals surface area contributed by atoms with E-state index in [0.29, 0.717) is 15.9 Å². The first-order chi connectivity index (χ1) is 10.3. The van der Waals surface area contributed by atoms with Gasteiger partial charge in [-0.2, -0.15) is 0 Å². The number of carbonyl (C=O) groups is 1. The van der Waals surface area contributed by atoms with Gasteiger partial charge in [-0.15, -0.1) is 11.8 Å². The van der Waals surface area contributed by atoms with Gasteiger partial charge in [0.15, 0.2) is 0 Å². The SMILES string of the molecule is COC(=O)[C@H](C)Sc1c(C)cnc2c1c(=O)n(C)c(=O)n2C. The summed E-state index contributed by atoms with van der Waals surface area (Å²) in [4.78, 5) is 40.9. The molecule has 0 unspecified atom stereocenters. The fraction of sp³-hybridized carbons (Fsp3) is 0.429. The average Bonchev–Trinajstić information content (AvgIpc) is 2.51. The molecular weight excluding hydrogens is 306 g/mol. The zero-order chi connectivity index (χ0) is 16.6. The second kappa shape index (κ2) is 5.96.